The number of nitrogens with zero attached hydrogens (tertiary/aromatic N) is 1. The number of nitrogens with one attached hydrogen (secondary N) is 1. The van der Waals surface area contributed by atoms with E-state index < -0.39 is 5.41 Å². The molecule has 1 amide bonds. The molecule has 1 aromatic heterocycles. The van der Waals surface area contributed by atoms with Crippen LogP contribution in [0.15, 0.2) is 18.3 Å². The van der Waals surface area contributed by atoms with Crippen molar-refractivity contribution in [3.8, 4) is 5.88 Å². The van der Waals surface area contributed by atoms with Crippen molar-refractivity contribution in [1.82, 2.24) is 10.3 Å². The van der Waals surface area contributed by atoms with Crippen LogP contribution in [0.5, 0.6) is 5.88 Å². The zero-order valence-electron chi connectivity index (χ0n) is 13.1. The van der Waals surface area contributed by atoms with E-state index in [9.17, 15) is 4.79 Å². The highest BCUT2D eigenvalue weighted by Gasteiger charge is 2.42. The lowest BCUT2D eigenvalue weighted by Crippen LogP contribution is -2.47. The molecule has 21 heavy (non-hydrogen) atoms. The van der Waals surface area contributed by atoms with Crippen LogP contribution in [0.2, 0.25) is 0 Å². The normalized spacial score (nSPS) is 25.1. The zero-order valence-corrected chi connectivity index (χ0v) is 13.1. The third-order valence-electron chi connectivity index (χ3n) is 4.19. The molecule has 1 saturated carbocycles. The minimum atomic E-state index is -0.457. The Hall–Kier alpha value is -1.62. The van der Waals surface area contributed by atoms with Gasteiger partial charge in [-0.05, 0) is 39.7 Å². The Bertz CT molecular complexity index is 504. The van der Waals surface area contributed by atoms with E-state index in [0.717, 1.165) is 24.8 Å². The van der Waals surface area contributed by atoms with Gasteiger partial charge in [0.05, 0.1) is 11.5 Å². The second-order valence-electron chi connectivity index (χ2n) is 6.23. The number of carbonyl (C=O) groups excluding carboxylic acids is 1. The Labute approximate surface area is 126 Å². The molecule has 3 N–H and O–H groups in total. The standard InChI is InChI=1S/C16H25N3O2/c1-11(2)21-14-12(6-5-9-18-14)10-19-15(20)16(3)8-4-7-13(16)17/h5-6,9,11,13H,4,7-8,10,17H2,1-3H3,(H,19,20). The first kappa shape index (κ1) is 15.8. The predicted octanol–water partition coefficient (Wildman–Crippen LogP) is 2.00. The number of rotatable bonds is 5. The van der Waals surface area contributed by atoms with Gasteiger partial charge in [-0.15, -0.1) is 0 Å². The molecular weight excluding hydrogens is 266 g/mol. The molecule has 2 unspecified atom stereocenters. The summed E-state index contributed by atoms with van der Waals surface area (Å²) >= 11 is 0. The average molecular weight is 291 g/mol. The predicted molar refractivity (Wildman–Crippen MR) is 81.8 cm³/mol. The third-order valence-corrected chi connectivity index (χ3v) is 4.19. The quantitative estimate of drug-likeness (QED) is 0.870. The van der Waals surface area contributed by atoms with Crippen LogP contribution in [-0.2, 0) is 11.3 Å². The third kappa shape index (κ3) is 3.53. The number of hydrogen-bond donors (Lipinski definition) is 2. The van der Waals surface area contributed by atoms with Gasteiger partial charge >= 0.3 is 0 Å². The summed E-state index contributed by atoms with van der Waals surface area (Å²) in [6.07, 6.45) is 4.52. The minimum absolute atomic E-state index is 0.0202. The molecule has 116 valence electrons. The van der Waals surface area contributed by atoms with Crippen molar-refractivity contribution in [2.24, 2.45) is 11.1 Å². The summed E-state index contributed by atoms with van der Waals surface area (Å²) in [6, 6.07) is 3.71. The summed E-state index contributed by atoms with van der Waals surface area (Å²) in [6.45, 7) is 6.27. The maximum absolute atomic E-state index is 12.4. The van der Waals surface area contributed by atoms with E-state index in [2.05, 4.69) is 10.3 Å². The lowest BCUT2D eigenvalue weighted by atomic mass is 9.84. The van der Waals surface area contributed by atoms with E-state index >= 15 is 0 Å². The highest BCUT2D eigenvalue weighted by atomic mass is 16.5. The summed E-state index contributed by atoms with van der Waals surface area (Å²) in [7, 11) is 0. The number of amides is 1. The van der Waals surface area contributed by atoms with E-state index in [4.69, 9.17) is 10.5 Å². The Kier molecular flexibility index (Phi) is 4.83. The maximum Gasteiger partial charge on any atom is 0.227 e. The minimum Gasteiger partial charge on any atom is -0.475 e. The summed E-state index contributed by atoms with van der Waals surface area (Å²) in [5.74, 6) is 0.598. The van der Waals surface area contributed by atoms with Crippen molar-refractivity contribution < 1.29 is 9.53 Å². The summed E-state index contributed by atoms with van der Waals surface area (Å²) in [4.78, 5) is 16.7. The van der Waals surface area contributed by atoms with Gasteiger partial charge in [0.1, 0.15) is 0 Å². The fourth-order valence-corrected chi connectivity index (χ4v) is 2.74. The molecule has 0 spiro atoms. The summed E-state index contributed by atoms with van der Waals surface area (Å²) < 4.78 is 5.66. The SMILES string of the molecule is CC(C)Oc1ncccc1CNC(=O)C1(C)CCCC1N. The lowest BCUT2D eigenvalue weighted by Gasteiger charge is -2.27. The molecule has 2 rings (SSSR count). The lowest BCUT2D eigenvalue weighted by molar-refractivity contribution is -0.130. The second kappa shape index (κ2) is 6.43. The molecule has 0 aromatic carbocycles. The van der Waals surface area contributed by atoms with Gasteiger partial charge in [-0.3, -0.25) is 4.79 Å². The molecule has 0 radical (unpaired) electrons. The van der Waals surface area contributed by atoms with Crippen LogP contribution in [0.4, 0.5) is 0 Å². The van der Waals surface area contributed by atoms with Crippen molar-refractivity contribution in [1.29, 1.82) is 0 Å². The Morgan fingerprint density at radius 1 is 1.62 bits per heavy atom. The van der Waals surface area contributed by atoms with Gasteiger partial charge in [0.2, 0.25) is 11.8 Å². The molecule has 5 heteroatoms. The molecule has 1 aromatic rings. The number of aromatic nitrogens is 1. The molecule has 1 heterocycles. The smallest absolute Gasteiger partial charge is 0.227 e. The van der Waals surface area contributed by atoms with E-state index in [1.807, 2.05) is 32.9 Å². The van der Waals surface area contributed by atoms with Gasteiger partial charge in [-0.1, -0.05) is 12.5 Å². The Balaban J connectivity index is 2.01. The molecule has 5 nitrogen and oxygen atoms in total. The van der Waals surface area contributed by atoms with E-state index in [1.165, 1.54) is 0 Å². The number of nitrogens with two attached hydrogens (primary N) is 1. The van der Waals surface area contributed by atoms with Crippen LogP contribution in [0.25, 0.3) is 0 Å². The van der Waals surface area contributed by atoms with Crippen LogP contribution in [0.1, 0.15) is 45.6 Å². The zero-order chi connectivity index (χ0) is 15.5. The highest BCUT2D eigenvalue weighted by molar-refractivity contribution is 5.83. The number of ether oxygens (including phenoxy) is 1. The van der Waals surface area contributed by atoms with E-state index in [-0.39, 0.29) is 18.1 Å². The van der Waals surface area contributed by atoms with Crippen molar-refractivity contribution in [2.75, 3.05) is 0 Å². The fraction of sp³-hybridized carbons (Fsp3) is 0.625. The van der Waals surface area contributed by atoms with Crippen LogP contribution < -0.4 is 15.8 Å². The molecule has 1 aliphatic rings. The second-order valence-corrected chi connectivity index (χ2v) is 6.23. The van der Waals surface area contributed by atoms with E-state index in [1.54, 1.807) is 6.20 Å². The van der Waals surface area contributed by atoms with Crippen molar-refractivity contribution >= 4 is 5.91 Å². The van der Waals surface area contributed by atoms with Gasteiger partial charge < -0.3 is 15.8 Å². The van der Waals surface area contributed by atoms with Gasteiger partial charge in [-0.2, -0.15) is 0 Å². The van der Waals surface area contributed by atoms with Crippen LogP contribution >= 0.6 is 0 Å². The number of pyridine rings is 1. The van der Waals surface area contributed by atoms with Crippen molar-refractivity contribution in [2.45, 2.75) is 58.7 Å². The molecule has 0 saturated heterocycles. The van der Waals surface area contributed by atoms with E-state index in [0.29, 0.717) is 12.4 Å². The molecule has 0 bridgehead atoms. The van der Waals surface area contributed by atoms with Crippen LogP contribution in [0, 0.1) is 5.41 Å². The monoisotopic (exact) mass is 291 g/mol. The largest absolute Gasteiger partial charge is 0.475 e. The van der Waals surface area contributed by atoms with Gasteiger partial charge in [0, 0.05) is 24.3 Å². The molecular formula is C16H25N3O2. The highest BCUT2D eigenvalue weighted by Crippen LogP contribution is 2.36. The molecule has 2 atom stereocenters. The summed E-state index contributed by atoms with van der Waals surface area (Å²) in [5.41, 5.74) is 6.51. The average Bonchev–Trinajstić information content (AvgIpc) is 2.78. The Morgan fingerprint density at radius 2 is 2.38 bits per heavy atom. The van der Waals surface area contributed by atoms with Gasteiger partial charge in [0.15, 0.2) is 0 Å². The van der Waals surface area contributed by atoms with Crippen molar-refractivity contribution in [3.05, 3.63) is 23.9 Å². The first-order valence-electron chi connectivity index (χ1n) is 7.58. The first-order valence-corrected chi connectivity index (χ1v) is 7.58. The first-order chi connectivity index (χ1) is 9.93. The molecule has 1 fully saturated rings. The van der Waals surface area contributed by atoms with Gasteiger partial charge in [-0.25, -0.2) is 4.98 Å². The summed E-state index contributed by atoms with van der Waals surface area (Å²) in [5, 5.41) is 2.99. The van der Waals surface area contributed by atoms with Crippen LogP contribution in [0.3, 0.4) is 0 Å². The topological polar surface area (TPSA) is 77.2 Å². The fourth-order valence-electron chi connectivity index (χ4n) is 2.74. The number of carbonyl (C=O) groups is 1. The molecule has 0 aliphatic heterocycles. The van der Waals surface area contributed by atoms with Crippen molar-refractivity contribution in [3.63, 3.8) is 0 Å². The maximum atomic E-state index is 12.4. The number of hydrogen-bond acceptors (Lipinski definition) is 4. The molecule has 1 aliphatic carbocycles. The Morgan fingerprint density at radius 3 is 3.00 bits per heavy atom. The van der Waals surface area contributed by atoms with Gasteiger partial charge in [0.25, 0.3) is 0 Å². The van der Waals surface area contributed by atoms with Crippen LogP contribution in [-0.4, -0.2) is 23.0 Å².